The van der Waals surface area contributed by atoms with Crippen molar-refractivity contribution in [3.05, 3.63) is 48.0 Å². The molecule has 0 heterocycles. The minimum atomic E-state index is -2.17. The minimum Gasteiger partial charge on any atom is -0.466 e. The molecule has 5 heteroatoms. The van der Waals surface area contributed by atoms with Crippen LogP contribution in [0.15, 0.2) is 42.5 Å². The van der Waals surface area contributed by atoms with Gasteiger partial charge in [-0.15, -0.1) is 0 Å². The summed E-state index contributed by atoms with van der Waals surface area (Å²) in [6.07, 6.45) is 0. The van der Waals surface area contributed by atoms with Crippen LogP contribution in [0.5, 0.6) is 0 Å². The summed E-state index contributed by atoms with van der Waals surface area (Å²) >= 11 is 0. The molecule has 0 aliphatic rings. The van der Waals surface area contributed by atoms with Crippen LogP contribution in [0, 0.1) is 11.3 Å². The van der Waals surface area contributed by atoms with E-state index >= 15 is 0 Å². The Kier molecular flexibility index (Phi) is 4.36. The molecular formula is C17H19NO3Si. The number of hydrogen-bond donors (Lipinski definition) is 0. The Balaban J connectivity index is 2.65. The highest BCUT2D eigenvalue weighted by atomic mass is 28.4. The van der Waals surface area contributed by atoms with Gasteiger partial charge in [0, 0.05) is 5.56 Å². The average molecular weight is 313 g/mol. The molecule has 0 fully saturated rings. The Bertz CT molecular complexity index is 745. The third-order valence-corrected chi connectivity index (χ3v) is 4.16. The summed E-state index contributed by atoms with van der Waals surface area (Å²) in [5, 5.41) is 11.7. The summed E-state index contributed by atoms with van der Waals surface area (Å²) in [5.74, 6) is -0.687. The van der Waals surface area contributed by atoms with Crippen molar-refractivity contribution < 1.29 is 14.0 Å². The summed E-state index contributed by atoms with van der Waals surface area (Å²) in [6, 6.07) is 15.3. The Morgan fingerprint density at radius 3 is 2.32 bits per heavy atom. The maximum atomic E-state index is 12.3. The van der Waals surface area contributed by atoms with Gasteiger partial charge in [0.15, 0.2) is 8.32 Å². The van der Waals surface area contributed by atoms with E-state index in [-0.39, 0.29) is 0 Å². The van der Waals surface area contributed by atoms with Crippen LogP contribution in [0.4, 0.5) is 0 Å². The number of rotatable bonds is 4. The highest BCUT2D eigenvalue weighted by Gasteiger charge is 2.46. The molecule has 0 bridgehead atoms. The second-order valence-corrected chi connectivity index (χ2v) is 10.5. The fourth-order valence-corrected chi connectivity index (χ4v) is 3.53. The van der Waals surface area contributed by atoms with E-state index in [1.807, 2.05) is 62.1 Å². The quantitative estimate of drug-likeness (QED) is 0.639. The standard InChI is InChI=1S/C17H19NO3Si/c1-20-16(19)17(12-18,21-22(2,3)4)15-10-9-13-7-5-6-8-14(13)11-15/h5-11H,1-4H3/t17-/m0/s1. The molecule has 22 heavy (non-hydrogen) atoms. The molecule has 114 valence electrons. The SMILES string of the molecule is COC(=O)[C@@](C#N)(O[Si](C)(C)C)c1ccc2ccccc2c1. The number of esters is 1. The monoisotopic (exact) mass is 313 g/mol. The van der Waals surface area contributed by atoms with Crippen LogP contribution in [0.25, 0.3) is 10.8 Å². The normalized spacial score (nSPS) is 14.1. The lowest BCUT2D eigenvalue weighted by Crippen LogP contribution is -2.46. The Labute approximate surface area is 131 Å². The summed E-state index contributed by atoms with van der Waals surface area (Å²) < 4.78 is 10.8. The lowest BCUT2D eigenvalue weighted by atomic mass is 9.93. The third-order valence-electron chi connectivity index (χ3n) is 3.25. The molecule has 2 aromatic carbocycles. The van der Waals surface area contributed by atoms with E-state index in [1.54, 1.807) is 6.07 Å². The predicted molar refractivity (Wildman–Crippen MR) is 87.7 cm³/mol. The number of nitrogens with zero attached hydrogens (tertiary/aromatic N) is 1. The number of fused-ring (bicyclic) bond motifs is 1. The molecule has 0 aliphatic carbocycles. The van der Waals surface area contributed by atoms with E-state index in [4.69, 9.17) is 9.16 Å². The molecule has 0 saturated heterocycles. The zero-order valence-electron chi connectivity index (χ0n) is 13.2. The zero-order chi connectivity index (χ0) is 16.4. The van der Waals surface area contributed by atoms with Crippen LogP contribution in [0.1, 0.15) is 5.56 Å². The van der Waals surface area contributed by atoms with Crippen LogP contribution >= 0.6 is 0 Å². The first kappa shape index (κ1) is 16.2. The number of benzene rings is 2. The van der Waals surface area contributed by atoms with E-state index in [2.05, 4.69) is 0 Å². The Morgan fingerprint density at radius 2 is 1.77 bits per heavy atom. The van der Waals surface area contributed by atoms with Gasteiger partial charge < -0.3 is 9.16 Å². The Hall–Kier alpha value is -2.16. The maximum Gasteiger partial charge on any atom is 0.357 e. The smallest absolute Gasteiger partial charge is 0.357 e. The predicted octanol–water partition coefficient (Wildman–Crippen LogP) is 3.58. The molecule has 1 atom stereocenters. The minimum absolute atomic E-state index is 0.503. The molecule has 0 saturated carbocycles. The van der Waals surface area contributed by atoms with Crippen LogP contribution in [0.2, 0.25) is 19.6 Å². The lowest BCUT2D eigenvalue weighted by Gasteiger charge is -2.31. The van der Waals surface area contributed by atoms with E-state index < -0.39 is 19.9 Å². The largest absolute Gasteiger partial charge is 0.466 e. The molecule has 0 spiro atoms. The number of carbonyl (C=O) groups is 1. The van der Waals surface area contributed by atoms with E-state index in [0.717, 1.165) is 10.8 Å². The van der Waals surface area contributed by atoms with Gasteiger partial charge in [-0.25, -0.2) is 4.79 Å². The maximum absolute atomic E-state index is 12.3. The lowest BCUT2D eigenvalue weighted by molar-refractivity contribution is -0.155. The first-order valence-electron chi connectivity index (χ1n) is 7.01. The van der Waals surface area contributed by atoms with E-state index in [9.17, 15) is 10.1 Å². The van der Waals surface area contributed by atoms with Gasteiger partial charge in [0.2, 0.25) is 0 Å². The van der Waals surface area contributed by atoms with Gasteiger partial charge in [-0.1, -0.05) is 36.4 Å². The van der Waals surface area contributed by atoms with Crippen molar-refractivity contribution >= 4 is 25.1 Å². The highest BCUT2D eigenvalue weighted by molar-refractivity contribution is 6.70. The van der Waals surface area contributed by atoms with Crippen molar-refractivity contribution in [3.63, 3.8) is 0 Å². The van der Waals surface area contributed by atoms with Crippen LogP contribution in [-0.2, 0) is 19.6 Å². The highest BCUT2D eigenvalue weighted by Crippen LogP contribution is 2.32. The van der Waals surface area contributed by atoms with Gasteiger partial charge in [0.05, 0.1) is 7.11 Å². The summed E-state index contributed by atoms with van der Waals surface area (Å²) in [4.78, 5) is 12.3. The van der Waals surface area contributed by atoms with E-state index in [0.29, 0.717) is 5.56 Å². The molecule has 0 aliphatic heterocycles. The van der Waals surface area contributed by atoms with Crippen molar-refractivity contribution in [2.75, 3.05) is 7.11 Å². The zero-order valence-corrected chi connectivity index (χ0v) is 14.2. The van der Waals surface area contributed by atoms with Gasteiger partial charge >= 0.3 is 5.97 Å². The second kappa shape index (κ2) is 5.91. The van der Waals surface area contributed by atoms with Crippen LogP contribution in [-0.4, -0.2) is 21.4 Å². The third kappa shape index (κ3) is 3.03. The number of ether oxygens (including phenoxy) is 1. The van der Waals surface area contributed by atoms with Crippen molar-refractivity contribution in [2.24, 2.45) is 0 Å². The molecule has 4 nitrogen and oxygen atoms in total. The molecule has 0 aromatic heterocycles. The van der Waals surface area contributed by atoms with Gasteiger partial charge in [-0.2, -0.15) is 5.26 Å². The molecule has 0 unspecified atom stereocenters. The molecule has 0 N–H and O–H groups in total. The van der Waals surface area contributed by atoms with Crippen molar-refractivity contribution in [1.29, 1.82) is 5.26 Å². The van der Waals surface area contributed by atoms with Gasteiger partial charge in [0.1, 0.15) is 6.07 Å². The fraction of sp³-hybridized carbons (Fsp3) is 0.294. The number of carbonyl (C=O) groups excluding carboxylic acids is 1. The topological polar surface area (TPSA) is 59.3 Å². The molecular weight excluding hydrogens is 294 g/mol. The Morgan fingerprint density at radius 1 is 1.14 bits per heavy atom. The van der Waals surface area contributed by atoms with Crippen LogP contribution in [0.3, 0.4) is 0 Å². The first-order valence-corrected chi connectivity index (χ1v) is 10.4. The number of nitriles is 1. The summed E-state index contributed by atoms with van der Waals surface area (Å²) in [6.45, 7) is 5.80. The number of hydrogen-bond acceptors (Lipinski definition) is 4. The average Bonchev–Trinajstić information content (AvgIpc) is 2.50. The summed E-state index contributed by atoms with van der Waals surface area (Å²) in [7, 11) is -0.899. The van der Waals surface area contributed by atoms with Gasteiger partial charge in [-0.05, 0) is 36.5 Å². The first-order chi connectivity index (χ1) is 10.3. The molecule has 2 rings (SSSR count). The van der Waals surface area contributed by atoms with Crippen molar-refractivity contribution in [2.45, 2.75) is 25.2 Å². The van der Waals surface area contributed by atoms with Crippen LogP contribution < -0.4 is 0 Å². The molecule has 2 aromatic rings. The summed E-state index contributed by atoms with van der Waals surface area (Å²) in [5.41, 5.74) is -1.22. The molecule has 0 amide bonds. The second-order valence-electron chi connectivity index (χ2n) is 6.06. The number of methoxy groups -OCH3 is 1. The van der Waals surface area contributed by atoms with Crippen molar-refractivity contribution in [1.82, 2.24) is 0 Å². The van der Waals surface area contributed by atoms with Gasteiger partial charge in [-0.3, -0.25) is 0 Å². The van der Waals surface area contributed by atoms with E-state index in [1.165, 1.54) is 7.11 Å². The fourth-order valence-electron chi connectivity index (χ4n) is 2.36. The molecule has 0 radical (unpaired) electrons. The van der Waals surface area contributed by atoms with Gasteiger partial charge in [0.25, 0.3) is 5.60 Å². The van der Waals surface area contributed by atoms with Crippen molar-refractivity contribution in [3.8, 4) is 6.07 Å².